The Bertz CT molecular complexity index is 1080. The molecule has 1 aromatic heterocycles. The number of nitrogens with two attached hydrogens (primary N) is 1. The van der Waals surface area contributed by atoms with Gasteiger partial charge in [0, 0.05) is 23.1 Å². The summed E-state index contributed by atoms with van der Waals surface area (Å²) in [6.07, 6.45) is 8.68. The fourth-order valence-electron chi connectivity index (χ4n) is 4.73. The molecule has 5 nitrogen and oxygen atoms in total. The van der Waals surface area contributed by atoms with E-state index in [1.807, 2.05) is 24.3 Å². The molecule has 2 fully saturated rings. The third-order valence-corrected chi connectivity index (χ3v) is 6.87. The molecule has 5 heteroatoms. The molecule has 0 bridgehead atoms. The van der Waals surface area contributed by atoms with E-state index < -0.39 is 0 Å². The highest BCUT2D eigenvalue weighted by molar-refractivity contribution is 5.91. The highest BCUT2D eigenvalue weighted by atomic mass is 16.1. The second kappa shape index (κ2) is 8.83. The molecule has 0 atom stereocenters. The van der Waals surface area contributed by atoms with Crippen LogP contribution in [-0.2, 0) is 10.3 Å². The second-order valence-corrected chi connectivity index (χ2v) is 9.35. The first kappa shape index (κ1) is 20.8. The number of amides is 1. The van der Waals surface area contributed by atoms with E-state index in [4.69, 9.17) is 5.73 Å². The second-order valence-electron chi connectivity index (χ2n) is 9.35. The summed E-state index contributed by atoms with van der Waals surface area (Å²) >= 11 is 0. The van der Waals surface area contributed by atoms with Crippen molar-refractivity contribution in [2.75, 3.05) is 5.32 Å². The predicted molar refractivity (Wildman–Crippen MR) is 128 cm³/mol. The van der Waals surface area contributed by atoms with Gasteiger partial charge in [-0.3, -0.25) is 4.79 Å². The zero-order valence-corrected chi connectivity index (χ0v) is 18.4. The van der Waals surface area contributed by atoms with Crippen molar-refractivity contribution in [1.29, 1.82) is 0 Å². The van der Waals surface area contributed by atoms with Crippen molar-refractivity contribution in [1.82, 2.24) is 10.2 Å². The Labute approximate surface area is 189 Å². The van der Waals surface area contributed by atoms with Crippen LogP contribution < -0.4 is 11.1 Å². The number of anilines is 1. The third kappa shape index (κ3) is 4.58. The van der Waals surface area contributed by atoms with Crippen LogP contribution in [0, 0.1) is 5.92 Å². The van der Waals surface area contributed by atoms with Crippen LogP contribution in [0.1, 0.15) is 56.9 Å². The minimum atomic E-state index is -0.154. The minimum absolute atomic E-state index is 0.0278. The largest absolute Gasteiger partial charge is 0.321 e. The van der Waals surface area contributed by atoms with E-state index in [-0.39, 0.29) is 11.4 Å². The average molecular weight is 427 g/mol. The summed E-state index contributed by atoms with van der Waals surface area (Å²) in [5.41, 5.74) is 11.1. The minimum Gasteiger partial charge on any atom is -0.321 e. The van der Waals surface area contributed by atoms with Crippen LogP contribution in [0.15, 0.2) is 60.7 Å². The Hall–Kier alpha value is -3.05. The Kier molecular flexibility index (Phi) is 5.75. The fourth-order valence-corrected chi connectivity index (χ4v) is 4.73. The van der Waals surface area contributed by atoms with Crippen LogP contribution >= 0.6 is 0 Å². The van der Waals surface area contributed by atoms with Crippen LogP contribution in [0.2, 0.25) is 0 Å². The monoisotopic (exact) mass is 426 g/mol. The van der Waals surface area contributed by atoms with Crippen molar-refractivity contribution in [3.05, 3.63) is 66.2 Å². The lowest BCUT2D eigenvalue weighted by Gasteiger charge is -2.20. The number of rotatable bonds is 6. The molecule has 2 aliphatic carbocycles. The van der Waals surface area contributed by atoms with Crippen LogP contribution in [0.4, 0.5) is 5.82 Å². The van der Waals surface area contributed by atoms with E-state index >= 15 is 0 Å². The van der Waals surface area contributed by atoms with Gasteiger partial charge in [0.05, 0.1) is 0 Å². The zero-order valence-electron chi connectivity index (χ0n) is 18.4. The van der Waals surface area contributed by atoms with Crippen LogP contribution in [-0.4, -0.2) is 16.1 Å². The maximum Gasteiger partial charge on any atom is 0.225 e. The Balaban J connectivity index is 1.41. The topological polar surface area (TPSA) is 80.9 Å². The summed E-state index contributed by atoms with van der Waals surface area (Å²) in [6.45, 7) is 0. The van der Waals surface area contributed by atoms with Gasteiger partial charge in [0.25, 0.3) is 0 Å². The number of carbonyl (C=O) groups is 1. The molecule has 2 saturated carbocycles. The van der Waals surface area contributed by atoms with Gasteiger partial charge in [-0.1, -0.05) is 73.9 Å². The summed E-state index contributed by atoms with van der Waals surface area (Å²) in [5, 5.41) is 11.9. The van der Waals surface area contributed by atoms with Gasteiger partial charge < -0.3 is 11.1 Å². The summed E-state index contributed by atoms with van der Waals surface area (Å²) in [4.78, 5) is 12.6. The third-order valence-electron chi connectivity index (χ3n) is 6.87. The smallest absolute Gasteiger partial charge is 0.225 e. The van der Waals surface area contributed by atoms with Gasteiger partial charge in [-0.05, 0) is 48.8 Å². The molecule has 32 heavy (non-hydrogen) atoms. The molecule has 2 aliphatic rings. The summed E-state index contributed by atoms with van der Waals surface area (Å²) in [7, 11) is 0. The number of nitrogens with one attached hydrogen (secondary N) is 1. The van der Waals surface area contributed by atoms with Crippen molar-refractivity contribution in [2.24, 2.45) is 11.7 Å². The van der Waals surface area contributed by atoms with Gasteiger partial charge in [-0.2, -0.15) is 0 Å². The van der Waals surface area contributed by atoms with Gasteiger partial charge in [-0.25, -0.2) is 0 Å². The molecule has 164 valence electrons. The fraction of sp³-hybridized carbons (Fsp3) is 0.370. The molecule has 5 rings (SSSR count). The highest BCUT2D eigenvalue weighted by Gasteiger charge is 2.39. The Morgan fingerprint density at radius 2 is 1.66 bits per heavy atom. The van der Waals surface area contributed by atoms with Crippen molar-refractivity contribution >= 4 is 11.7 Å². The van der Waals surface area contributed by atoms with Crippen LogP contribution in [0.3, 0.4) is 0 Å². The maximum atomic E-state index is 12.6. The first-order chi connectivity index (χ1) is 15.6. The molecule has 0 spiro atoms. The Morgan fingerprint density at radius 3 is 2.34 bits per heavy atom. The number of nitrogens with zero attached hydrogens (tertiary/aromatic N) is 2. The summed E-state index contributed by atoms with van der Waals surface area (Å²) in [5.74, 6) is 1.02. The SMILES string of the molecule is NC1(c2ccc(-c3nnc(NC(=O)CC4CCCCC4)cc3-c3ccccc3)cc2)CC1. The number of hydrogen-bond acceptors (Lipinski definition) is 4. The number of aromatic nitrogens is 2. The number of hydrogen-bond donors (Lipinski definition) is 2. The van der Waals surface area contributed by atoms with Crippen molar-refractivity contribution in [3.8, 4) is 22.4 Å². The van der Waals surface area contributed by atoms with E-state index in [1.54, 1.807) is 0 Å². The normalized spacial score (nSPS) is 17.7. The number of carbonyl (C=O) groups excluding carboxylic acids is 1. The molecular weight excluding hydrogens is 396 g/mol. The van der Waals surface area contributed by atoms with Crippen LogP contribution in [0.25, 0.3) is 22.4 Å². The molecule has 2 aromatic carbocycles. The average Bonchev–Trinajstić information content (AvgIpc) is 3.59. The molecule has 3 N–H and O–H groups in total. The van der Waals surface area contributed by atoms with E-state index in [9.17, 15) is 4.79 Å². The Morgan fingerprint density at radius 1 is 0.938 bits per heavy atom. The molecule has 0 unspecified atom stereocenters. The molecule has 0 radical (unpaired) electrons. The molecule has 1 amide bonds. The number of benzene rings is 2. The van der Waals surface area contributed by atoms with Crippen molar-refractivity contribution in [2.45, 2.75) is 56.9 Å². The summed E-state index contributed by atoms with van der Waals surface area (Å²) in [6, 6.07) is 20.4. The lowest BCUT2D eigenvalue weighted by molar-refractivity contribution is -0.117. The van der Waals surface area contributed by atoms with Crippen molar-refractivity contribution in [3.63, 3.8) is 0 Å². The maximum absolute atomic E-state index is 12.6. The molecular formula is C27H30N4O. The van der Waals surface area contributed by atoms with E-state index in [2.05, 4.69) is 51.9 Å². The lowest BCUT2D eigenvalue weighted by Crippen LogP contribution is -2.19. The van der Waals surface area contributed by atoms with Crippen LogP contribution in [0.5, 0.6) is 0 Å². The first-order valence-electron chi connectivity index (χ1n) is 11.7. The molecule has 1 heterocycles. The quantitative estimate of drug-likeness (QED) is 0.532. The van der Waals surface area contributed by atoms with Gasteiger partial charge in [-0.15, -0.1) is 10.2 Å². The van der Waals surface area contributed by atoms with Gasteiger partial charge in [0.15, 0.2) is 5.82 Å². The van der Waals surface area contributed by atoms with E-state index in [0.29, 0.717) is 18.2 Å². The first-order valence-corrected chi connectivity index (χ1v) is 11.7. The zero-order chi connectivity index (χ0) is 22.0. The lowest BCUT2D eigenvalue weighted by atomic mass is 9.87. The highest BCUT2D eigenvalue weighted by Crippen LogP contribution is 2.43. The van der Waals surface area contributed by atoms with Crippen molar-refractivity contribution < 1.29 is 4.79 Å². The van der Waals surface area contributed by atoms with Gasteiger partial charge in [0.2, 0.25) is 5.91 Å². The molecule has 0 saturated heterocycles. The van der Waals surface area contributed by atoms with Gasteiger partial charge in [0.1, 0.15) is 5.69 Å². The predicted octanol–water partition coefficient (Wildman–Crippen LogP) is 5.67. The summed E-state index contributed by atoms with van der Waals surface area (Å²) < 4.78 is 0. The van der Waals surface area contributed by atoms with E-state index in [1.165, 1.54) is 24.8 Å². The molecule has 3 aromatic rings. The molecule has 0 aliphatic heterocycles. The van der Waals surface area contributed by atoms with Gasteiger partial charge >= 0.3 is 0 Å². The standard InChI is InChI=1S/C27H30N4O/c28-27(15-16-27)22-13-11-21(12-14-22)26-23(20-9-5-2-6-10-20)18-24(30-31-26)29-25(32)17-19-7-3-1-4-8-19/h2,5-6,9-14,18-19H,1,3-4,7-8,15-17,28H2,(H,29,30,32). The van der Waals surface area contributed by atoms with E-state index in [0.717, 1.165) is 48.1 Å².